The van der Waals surface area contributed by atoms with Crippen molar-refractivity contribution in [3.05, 3.63) is 33.1 Å². The number of hydrogen-bond acceptors (Lipinski definition) is 5. The van der Waals surface area contributed by atoms with Crippen LogP contribution in [0.3, 0.4) is 0 Å². The van der Waals surface area contributed by atoms with E-state index in [2.05, 4.69) is 43.2 Å². The van der Waals surface area contributed by atoms with Gasteiger partial charge < -0.3 is 9.84 Å². The molecule has 5 nitrogen and oxygen atoms in total. The minimum absolute atomic E-state index is 0.0491. The molecule has 1 aliphatic rings. The SMILES string of the molecule is CCCc1sc(C(=O)NC(c2nc(C3CC3)no2)C(C)C)cc1CC. The highest BCUT2D eigenvalue weighted by molar-refractivity contribution is 7.14. The summed E-state index contributed by atoms with van der Waals surface area (Å²) in [5, 5.41) is 7.19. The number of aromatic nitrogens is 2. The highest BCUT2D eigenvalue weighted by Gasteiger charge is 2.32. The number of rotatable bonds is 8. The normalized spacial score (nSPS) is 15.6. The highest BCUT2D eigenvalue weighted by atomic mass is 32.1. The van der Waals surface area contributed by atoms with Crippen LogP contribution >= 0.6 is 11.3 Å². The van der Waals surface area contributed by atoms with E-state index >= 15 is 0 Å². The molecule has 0 aliphatic heterocycles. The molecule has 0 saturated heterocycles. The molecule has 1 atom stereocenters. The molecule has 1 saturated carbocycles. The topological polar surface area (TPSA) is 68.0 Å². The van der Waals surface area contributed by atoms with Crippen molar-refractivity contribution >= 4 is 17.2 Å². The molecular weight excluding hydrogens is 334 g/mol. The third kappa shape index (κ3) is 4.11. The summed E-state index contributed by atoms with van der Waals surface area (Å²) in [5.74, 6) is 1.88. The lowest BCUT2D eigenvalue weighted by Gasteiger charge is -2.18. The minimum atomic E-state index is -0.255. The number of carbonyl (C=O) groups is 1. The molecule has 1 N–H and O–H groups in total. The van der Waals surface area contributed by atoms with E-state index in [9.17, 15) is 4.79 Å². The number of aryl methyl sites for hydroxylation is 2. The third-order valence-electron chi connectivity index (χ3n) is 4.60. The van der Waals surface area contributed by atoms with Crippen LogP contribution in [-0.2, 0) is 12.8 Å². The van der Waals surface area contributed by atoms with Crippen molar-refractivity contribution in [2.75, 3.05) is 0 Å². The van der Waals surface area contributed by atoms with Gasteiger partial charge in [0.2, 0.25) is 5.89 Å². The van der Waals surface area contributed by atoms with Crippen molar-refractivity contribution in [3.8, 4) is 0 Å². The Kier molecular flexibility index (Phi) is 5.57. The predicted octanol–water partition coefficient (Wildman–Crippen LogP) is 4.65. The first-order valence-electron chi connectivity index (χ1n) is 9.29. The van der Waals surface area contributed by atoms with Gasteiger partial charge in [-0.1, -0.05) is 39.3 Å². The van der Waals surface area contributed by atoms with Crippen LogP contribution in [0.15, 0.2) is 10.6 Å². The van der Waals surface area contributed by atoms with Gasteiger partial charge in [0.1, 0.15) is 6.04 Å². The molecule has 1 aliphatic carbocycles. The number of nitrogens with zero attached hydrogens (tertiary/aromatic N) is 2. The largest absolute Gasteiger partial charge is 0.339 e. The smallest absolute Gasteiger partial charge is 0.262 e. The summed E-state index contributed by atoms with van der Waals surface area (Å²) in [6.45, 7) is 8.42. The van der Waals surface area contributed by atoms with Crippen LogP contribution in [0.1, 0.15) is 90.7 Å². The Bertz CT molecular complexity index is 731. The van der Waals surface area contributed by atoms with Gasteiger partial charge in [-0.2, -0.15) is 4.98 Å². The van der Waals surface area contributed by atoms with E-state index < -0.39 is 0 Å². The zero-order valence-electron chi connectivity index (χ0n) is 15.5. The summed E-state index contributed by atoms with van der Waals surface area (Å²) >= 11 is 1.61. The van der Waals surface area contributed by atoms with Gasteiger partial charge in [-0.3, -0.25) is 4.79 Å². The summed E-state index contributed by atoms with van der Waals surface area (Å²) in [6, 6.07) is 1.78. The van der Waals surface area contributed by atoms with Gasteiger partial charge in [-0.25, -0.2) is 0 Å². The second-order valence-electron chi connectivity index (χ2n) is 7.12. The molecule has 136 valence electrons. The van der Waals surface area contributed by atoms with Crippen molar-refractivity contribution in [1.82, 2.24) is 15.5 Å². The second-order valence-corrected chi connectivity index (χ2v) is 8.26. The van der Waals surface area contributed by atoms with E-state index in [-0.39, 0.29) is 17.9 Å². The molecule has 2 heterocycles. The molecule has 6 heteroatoms. The molecular formula is C19H27N3O2S. The Labute approximate surface area is 153 Å². The maximum Gasteiger partial charge on any atom is 0.262 e. The first-order valence-corrected chi connectivity index (χ1v) is 10.1. The third-order valence-corrected chi connectivity index (χ3v) is 5.83. The average Bonchev–Trinajstić information content (AvgIpc) is 3.18. The second kappa shape index (κ2) is 7.68. The van der Waals surface area contributed by atoms with Gasteiger partial charge in [0.25, 0.3) is 5.91 Å². The molecule has 3 rings (SSSR count). The zero-order valence-corrected chi connectivity index (χ0v) is 16.3. The molecule has 0 bridgehead atoms. The van der Waals surface area contributed by atoms with E-state index in [4.69, 9.17) is 4.52 Å². The Morgan fingerprint density at radius 2 is 2.16 bits per heavy atom. The van der Waals surface area contributed by atoms with Gasteiger partial charge in [0.05, 0.1) is 4.88 Å². The van der Waals surface area contributed by atoms with Crippen LogP contribution in [-0.4, -0.2) is 16.0 Å². The Hall–Kier alpha value is -1.69. The Morgan fingerprint density at radius 3 is 2.76 bits per heavy atom. The monoisotopic (exact) mass is 361 g/mol. The number of nitrogens with one attached hydrogen (secondary N) is 1. The molecule has 0 radical (unpaired) electrons. The lowest BCUT2D eigenvalue weighted by Crippen LogP contribution is -2.31. The first kappa shape index (κ1) is 18.1. The van der Waals surface area contributed by atoms with Crippen LogP contribution in [0.2, 0.25) is 0 Å². The van der Waals surface area contributed by atoms with Crippen molar-refractivity contribution in [2.24, 2.45) is 5.92 Å². The molecule has 0 aromatic carbocycles. The zero-order chi connectivity index (χ0) is 18.0. The summed E-state index contributed by atoms with van der Waals surface area (Å²) < 4.78 is 5.44. The fraction of sp³-hybridized carbons (Fsp3) is 0.632. The Morgan fingerprint density at radius 1 is 1.40 bits per heavy atom. The van der Waals surface area contributed by atoms with E-state index in [0.29, 0.717) is 11.8 Å². The lowest BCUT2D eigenvalue weighted by molar-refractivity contribution is 0.0918. The number of carbonyl (C=O) groups excluding carboxylic acids is 1. The number of hydrogen-bond donors (Lipinski definition) is 1. The van der Waals surface area contributed by atoms with Gasteiger partial charge in [-0.05, 0) is 43.2 Å². The molecule has 25 heavy (non-hydrogen) atoms. The van der Waals surface area contributed by atoms with Crippen LogP contribution in [0, 0.1) is 5.92 Å². The summed E-state index contributed by atoms with van der Waals surface area (Å²) in [6.07, 6.45) is 5.35. The predicted molar refractivity (Wildman–Crippen MR) is 99.0 cm³/mol. The minimum Gasteiger partial charge on any atom is -0.339 e. The molecule has 0 spiro atoms. The average molecular weight is 362 g/mol. The highest BCUT2D eigenvalue weighted by Crippen LogP contribution is 2.38. The molecule has 2 aromatic rings. The van der Waals surface area contributed by atoms with E-state index in [1.54, 1.807) is 11.3 Å². The maximum absolute atomic E-state index is 12.8. The van der Waals surface area contributed by atoms with Crippen molar-refractivity contribution in [2.45, 2.75) is 71.8 Å². The molecule has 1 fully saturated rings. The maximum atomic E-state index is 12.8. The van der Waals surface area contributed by atoms with E-state index in [1.165, 1.54) is 10.4 Å². The summed E-state index contributed by atoms with van der Waals surface area (Å²) in [4.78, 5) is 19.4. The van der Waals surface area contributed by atoms with Crippen LogP contribution in [0.25, 0.3) is 0 Å². The van der Waals surface area contributed by atoms with Crippen molar-refractivity contribution in [1.29, 1.82) is 0 Å². The first-order chi connectivity index (χ1) is 12.0. The quantitative estimate of drug-likeness (QED) is 0.743. The molecule has 1 amide bonds. The van der Waals surface area contributed by atoms with Crippen LogP contribution in [0.4, 0.5) is 0 Å². The summed E-state index contributed by atoms with van der Waals surface area (Å²) in [7, 11) is 0. The fourth-order valence-corrected chi connectivity index (χ4v) is 4.18. The standard InChI is InChI=1S/C19H27N3O2S/c1-5-7-14-12(6-2)10-15(25-14)18(23)20-16(11(3)4)19-21-17(22-24-19)13-8-9-13/h10-11,13,16H,5-9H2,1-4H3,(H,20,23). The molecule has 1 unspecified atom stereocenters. The van der Waals surface area contributed by atoms with Gasteiger partial charge in [0, 0.05) is 10.8 Å². The van der Waals surface area contributed by atoms with Crippen molar-refractivity contribution in [3.63, 3.8) is 0 Å². The van der Waals surface area contributed by atoms with Gasteiger partial charge in [-0.15, -0.1) is 11.3 Å². The fourth-order valence-electron chi connectivity index (χ4n) is 2.92. The van der Waals surface area contributed by atoms with Gasteiger partial charge >= 0.3 is 0 Å². The lowest BCUT2D eigenvalue weighted by atomic mass is 10.0. The number of amides is 1. The Balaban J connectivity index is 1.76. The van der Waals surface area contributed by atoms with Crippen molar-refractivity contribution < 1.29 is 9.32 Å². The van der Waals surface area contributed by atoms with E-state index in [1.807, 2.05) is 6.07 Å². The van der Waals surface area contributed by atoms with E-state index in [0.717, 1.165) is 42.8 Å². The van der Waals surface area contributed by atoms with Gasteiger partial charge in [0.15, 0.2) is 5.82 Å². The van der Waals surface area contributed by atoms with Crippen LogP contribution < -0.4 is 5.32 Å². The molecule has 2 aromatic heterocycles. The van der Waals surface area contributed by atoms with Crippen LogP contribution in [0.5, 0.6) is 0 Å². The number of thiophene rings is 1. The summed E-state index contributed by atoms with van der Waals surface area (Å²) in [5.41, 5.74) is 1.28.